The Morgan fingerprint density at radius 1 is 1.83 bits per heavy atom. The lowest BCUT2D eigenvalue weighted by Crippen LogP contribution is -2.06. The molecule has 5 nitrogen and oxygen atoms in total. The molecule has 0 amide bonds. The van der Waals surface area contributed by atoms with Crippen molar-refractivity contribution in [3.05, 3.63) is 18.2 Å². The van der Waals surface area contributed by atoms with Crippen molar-refractivity contribution in [2.24, 2.45) is 0 Å². The molecule has 1 rings (SSSR count). The van der Waals surface area contributed by atoms with Crippen molar-refractivity contribution in [2.45, 2.75) is 13.0 Å². The van der Waals surface area contributed by atoms with E-state index in [0.717, 1.165) is 0 Å². The van der Waals surface area contributed by atoms with Crippen LogP contribution in [0.3, 0.4) is 0 Å². The van der Waals surface area contributed by atoms with Gasteiger partial charge in [-0.2, -0.15) is 0 Å². The highest BCUT2D eigenvalue weighted by Gasteiger charge is 2.09. The van der Waals surface area contributed by atoms with Gasteiger partial charge in [0.2, 0.25) is 0 Å². The second kappa shape index (κ2) is 3.36. The minimum atomic E-state index is -1.06. The molecule has 12 heavy (non-hydrogen) atoms. The minimum Gasteiger partial charge on any atom is -0.476 e. The number of aliphatic hydroxyl groups excluding tert-OH is 1. The lowest BCUT2D eigenvalue weighted by Gasteiger charge is -2.07. The van der Waals surface area contributed by atoms with Gasteiger partial charge in [0.05, 0.1) is 19.0 Å². The molecule has 0 saturated carbocycles. The van der Waals surface area contributed by atoms with E-state index in [9.17, 15) is 4.79 Å². The van der Waals surface area contributed by atoms with E-state index in [1.54, 1.807) is 11.5 Å². The number of carbonyl (C=O) groups is 1. The van der Waals surface area contributed by atoms with Crippen LogP contribution in [-0.2, 0) is 0 Å². The highest BCUT2D eigenvalue weighted by atomic mass is 16.4. The number of imidazole rings is 1. The average Bonchev–Trinajstić information content (AvgIpc) is 2.51. The number of carboxylic acids is 1. The Labute approximate surface area is 69.3 Å². The van der Waals surface area contributed by atoms with Crippen LogP contribution in [0.4, 0.5) is 0 Å². The van der Waals surface area contributed by atoms with Gasteiger partial charge in [-0.15, -0.1) is 0 Å². The average molecular weight is 170 g/mol. The van der Waals surface area contributed by atoms with Crippen molar-refractivity contribution in [1.82, 2.24) is 9.55 Å². The fourth-order valence-corrected chi connectivity index (χ4v) is 0.783. The maximum atomic E-state index is 10.4. The molecule has 2 N–H and O–H groups in total. The van der Waals surface area contributed by atoms with E-state index in [-0.39, 0.29) is 18.3 Å². The van der Waals surface area contributed by atoms with Crippen LogP contribution in [0, 0.1) is 0 Å². The second-order valence-corrected chi connectivity index (χ2v) is 2.54. The Hall–Kier alpha value is -1.36. The Bertz CT molecular complexity index is 282. The summed E-state index contributed by atoms with van der Waals surface area (Å²) in [7, 11) is 0. The molecule has 1 aromatic heterocycles. The molecule has 1 aromatic rings. The molecule has 0 aliphatic heterocycles. The molecule has 5 heteroatoms. The molecule has 1 unspecified atom stereocenters. The Balaban J connectivity index is 2.84. The maximum absolute atomic E-state index is 10.4. The van der Waals surface area contributed by atoms with Crippen molar-refractivity contribution in [3.8, 4) is 0 Å². The first-order valence-corrected chi connectivity index (χ1v) is 3.52. The number of rotatable bonds is 3. The van der Waals surface area contributed by atoms with Crippen molar-refractivity contribution in [1.29, 1.82) is 0 Å². The van der Waals surface area contributed by atoms with Crippen LogP contribution in [0.2, 0.25) is 0 Å². The van der Waals surface area contributed by atoms with Crippen molar-refractivity contribution >= 4 is 5.97 Å². The summed E-state index contributed by atoms with van der Waals surface area (Å²) in [6.45, 7) is 1.74. The molecular formula is C7H10N2O3. The third-order valence-corrected chi connectivity index (χ3v) is 1.59. The molecule has 0 spiro atoms. The summed E-state index contributed by atoms with van der Waals surface area (Å²) in [6.07, 6.45) is 2.79. The van der Waals surface area contributed by atoms with Crippen LogP contribution in [0.1, 0.15) is 23.5 Å². The molecule has 0 aliphatic carbocycles. The zero-order valence-electron chi connectivity index (χ0n) is 6.64. The molecule has 0 radical (unpaired) electrons. The van der Waals surface area contributed by atoms with E-state index in [0.29, 0.717) is 0 Å². The van der Waals surface area contributed by atoms with Crippen molar-refractivity contribution < 1.29 is 15.0 Å². The Kier molecular flexibility index (Phi) is 2.44. The molecule has 0 aliphatic rings. The van der Waals surface area contributed by atoms with Gasteiger partial charge in [-0.25, -0.2) is 9.78 Å². The van der Waals surface area contributed by atoms with E-state index in [1.165, 1.54) is 12.5 Å². The van der Waals surface area contributed by atoms with E-state index in [4.69, 9.17) is 10.2 Å². The number of hydrogen-bond acceptors (Lipinski definition) is 3. The van der Waals surface area contributed by atoms with Gasteiger partial charge >= 0.3 is 5.97 Å². The second-order valence-electron chi connectivity index (χ2n) is 2.54. The van der Waals surface area contributed by atoms with Gasteiger partial charge in [0.1, 0.15) is 0 Å². The standard InChI is InChI=1S/C7H10N2O3/c1-5(3-10)9-2-6(7(11)12)8-4-9/h2,4-5,10H,3H2,1H3,(H,11,12). The first-order valence-electron chi connectivity index (χ1n) is 3.52. The summed E-state index contributed by atoms with van der Waals surface area (Å²) in [5.74, 6) is -1.06. The first kappa shape index (κ1) is 8.73. The molecule has 1 atom stereocenters. The van der Waals surface area contributed by atoms with Gasteiger partial charge in [-0.05, 0) is 6.92 Å². The van der Waals surface area contributed by atoms with Crippen LogP contribution in [0.15, 0.2) is 12.5 Å². The van der Waals surface area contributed by atoms with E-state index < -0.39 is 5.97 Å². The number of carboxylic acid groups (broad SMARTS) is 1. The molecular weight excluding hydrogens is 160 g/mol. The molecule has 1 heterocycles. The number of nitrogens with zero attached hydrogens (tertiary/aromatic N) is 2. The fraction of sp³-hybridized carbons (Fsp3) is 0.429. The Morgan fingerprint density at radius 2 is 2.50 bits per heavy atom. The Morgan fingerprint density at radius 3 is 2.92 bits per heavy atom. The maximum Gasteiger partial charge on any atom is 0.356 e. The van der Waals surface area contributed by atoms with Crippen LogP contribution < -0.4 is 0 Å². The summed E-state index contributed by atoms with van der Waals surface area (Å²) in [5, 5.41) is 17.3. The SMILES string of the molecule is CC(CO)n1cnc(C(=O)O)c1. The highest BCUT2D eigenvalue weighted by molar-refractivity contribution is 5.84. The number of aromatic nitrogens is 2. The lowest BCUT2D eigenvalue weighted by molar-refractivity contribution is 0.0691. The van der Waals surface area contributed by atoms with Gasteiger partial charge in [-0.1, -0.05) is 0 Å². The summed E-state index contributed by atoms with van der Waals surface area (Å²) >= 11 is 0. The van der Waals surface area contributed by atoms with Gasteiger partial charge in [0.15, 0.2) is 5.69 Å². The molecule has 0 saturated heterocycles. The molecule has 0 bridgehead atoms. The van der Waals surface area contributed by atoms with Crippen LogP contribution in [-0.4, -0.2) is 32.3 Å². The predicted molar refractivity (Wildman–Crippen MR) is 41.0 cm³/mol. The first-order chi connectivity index (χ1) is 5.65. The van der Waals surface area contributed by atoms with Crippen LogP contribution in [0.25, 0.3) is 0 Å². The van der Waals surface area contributed by atoms with Gasteiger partial charge in [0, 0.05) is 6.20 Å². The van der Waals surface area contributed by atoms with Crippen LogP contribution in [0.5, 0.6) is 0 Å². The third kappa shape index (κ3) is 1.62. The van der Waals surface area contributed by atoms with Gasteiger partial charge in [0.25, 0.3) is 0 Å². The predicted octanol–water partition coefficient (Wildman–Crippen LogP) is 0.135. The summed E-state index contributed by atoms with van der Waals surface area (Å²) in [6, 6.07) is -0.134. The largest absolute Gasteiger partial charge is 0.476 e. The highest BCUT2D eigenvalue weighted by Crippen LogP contribution is 2.05. The monoisotopic (exact) mass is 170 g/mol. The smallest absolute Gasteiger partial charge is 0.356 e. The fourth-order valence-electron chi connectivity index (χ4n) is 0.783. The van der Waals surface area contributed by atoms with E-state index in [2.05, 4.69) is 4.98 Å². The molecule has 0 aromatic carbocycles. The van der Waals surface area contributed by atoms with Gasteiger partial charge < -0.3 is 14.8 Å². The quantitative estimate of drug-likeness (QED) is 0.676. The summed E-state index contributed by atoms with van der Waals surface area (Å²) in [4.78, 5) is 14.0. The molecule has 66 valence electrons. The minimum absolute atomic E-state index is 0.00435. The topological polar surface area (TPSA) is 75.3 Å². The van der Waals surface area contributed by atoms with E-state index in [1.807, 2.05) is 0 Å². The zero-order valence-corrected chi connectivity index (χ0v) is 6.64. The molecule has 0 fully saturated rings. The van der Waals surface area contributed by atoms with Crippen molar-refractivity contribution in [3.63, 3.8) is 0 Å². The number of hydrogen-bond donors (Lipinski definition) is 2. The number of aromatic carboxylic acids is 1. The lowest BCUT2D eigenvalue weighted by atomic mass is 10.3. The van der Waals surface area contributed by atoms with Crippen molar-refractivity contribution in [2.75, 3.05) is 6.61 Å². The van der Waals surface area contributed by atoms with Crippen LogP contribution >= 0.6 is 0 Å². The van der Waals surface area contributed by atoms with E-state index >= 15 is 0 Å². The summed E-state index contributed by atoms with van der Waals surface area (Å²) in [5.41, 5.74) is -0.00435. The normalized spacial score (nSPS) is 12.8. The number of aliphatic hydroxyl groups is 1. The van der Waals surface area contributed by atoms with Gasteiger partial charge in [-0.3, -0.25) is 0 Å². The third-order valence-electron chi connectivity index (χ3n) is 1.59. The zero-order chi connectivity index (χ0) is 9.14. The summed E-state index contributed by atoms with van der Waals surface area (Å²) < 4.78 is 1.56.